The van der Waals surface area contributed by atoms with Crippen LogP contribution in [0.3, 0.4) is 0 Å². The third kappa shape index (κ3) is 5.58. The average molecular weight is 495 g/mol. The summed E-state index contributed by atoms with van der Waals surface area (Å²) in [5.74, 6) is -0.340. The Kier molecular flexibility index (Phi) is 6.94. The molecule has 1 aliphatic carbocycles. The molecule has 0 radical (unpaired) electrons. The summed E-state index contributed by atoms with van der Waals surface area (Å²) in [7, 11) is -3.83. The van der Waals surface area contributed by atoms with Gasteiger partial charge in [0.1, 0.15) is 18.4 Å². The zero-order chi connectivity index (χ0) is 24.3. The van der Waals surface area contributed by atoms with Gasteiger partial charge in [0.15, 0.2) is 0 Å². The van der Waals surface area contributed by atoms with Gasteiger partial charge in [-0.15, -0.1) is 23.4 Å². The van der Waals surface area contributed by atoms with Gasteiger partial charge < -0.3 is 9.30 Å². The number of hydrogen-bond donors (Lipinski definition) is 1. The van der Waals surface area contributed by atoms with Crippen LogP contribution in [0.2, 0.25) is 0 Å². The minimum atomic E-state index is -4.83. The molecule has 0 amide bonds. The predicted molar refractivity (Wildman–Crippen MR) is 120 cm³/mol. The summed E-state index contributed by atoms with van der Waals surface area (Å²) in [5, 5.41) is 7.66. The van der Waals surface area contributed by atoms with Crippen molar-refractivity contribution in [2.75, 3.05) is 0 Å². The van der Waals surface area contributed by atoms with E-state index in [1.54, 1.807) is 31.7 Å². The molecule has 0 bridgehead atoms. The predicted octanol–water partition coefficient (Wildman–Crippen LogP) is 4.87. The Balaban J connectivity index is 1.58. The highest BCUT2D eigenvalue weighted by atomic mass is 32.2. The maximum Gasteiger partial charge on any atom is 0.573 e. The van der Waals surface area contributed by atoms with Gasteiger partial charge >= 0.3 is 6.36 Å². The lowest BCUT2D eigenvalue weighted by Gasteiger charge is -2.30. The van der Waals surface area contributed by atoms with E-state index in [-0.39, 0.29) is 28.3 Å². The Hall–Kier alpha value is -2.92. The van der Waals surface area contributed by atoms with E-state index in [1.165, 1.54) is 30.3 Å². The first kappa shape index (κ1) is 24.2. The van der Waals surface area contributed by atoms with Crippen LogP contribution < -0.4 is 9.46 Å². The summed E-state index contributed by atoms with van der Waals surface area (Å²) in [4.78, 5) is 0.124. The van der Waals surface area contributed by atoms with Crippen LogP contribution in [-0.2, 0) is 16.4 Å². The van der Waals surface area contributed by atoms with Crippen molar-refractivity contribution in [3.05, 3.63) is 60.7 Å². The highest BCUT2D eigenvalue weighted by Gasteiger charge is 2.32. The van der Waals surface area contributed by atoms with Crippen molar-refractivity contribution in [1.82, 2.24) is 19.5 Å². The van der Waals surface area contributed by atoms with Crippen LogP contribution in [0.4, 0.5) is 13.2 Å². The van der Waals surface area contributed by atoms with Crippen LogP contribution in [0.15, 0.2) is 60.0 Å². The quantitative estimate of drug-likeness (QED) is 0.507. The first-order valence-corrected chi connectivity index (χ1v) is 12.5. The largest absolute Gasteiger partial charge is 0.573 e. The summed E-state index contributed by atoms with van der Waals surface area (Å²) in [6.07, 6.45) is 1.96. The van der Waals surface area contributed by atoms with Crippen LogP contribution in [-0.4, -0.2) is 35.6 Å². The summed E-state index contributed by atoms with van der Waals surface area (Å²) in [6, 6.07) is 10.2. The molecule has 1 saturated carbocycles. The van der Waals surface area contributed by atoms with Gasteiger partial charge in [0.25, 0.3) is 0 Å². The molecular weight excluding hydrogens is 469 g/mol. The maximum atomic E-state index is 13.3. The molecule has 4 rings (SSSR count). The van der Waals surface area contributed by atoms with Gasteiger partial charge in [-0.25, -0.2) is 13.1 Å². The number of para-hydroxylation sites is 1. The molecule has 2 aromatic carbocycles. The number of halogens is 3. The van der Waals surface area contributed by atoms with Gasteiger partial charge in [-0.05, 0) is 61.4 Å². The SMILES string of the molecule is CCc1cc(-c2ccccc2OC(F)(F)F)ccc1S(=O)(=O)N[C@H]1CCC[C@@H](n2cnnc2)C1. The number of aromatic nitrogens is 3. The van der Waals surface area contributed by atoms with Crippen molar-refractivity contribution in [3.8, 4) is 16.9 Å². The second kappa shape index (κ2) is 9.75. The standard InChI is InChI=1S/C23H25F3N4O3S/c1-2-16-12-17(20-8-3-4-9-21(20)33-23(24,25)26)10-11-22(16)34(31,32)29-18-6-5-7-19(13-18)30-14-27-28-15-30/h3-4,8-12,14-15,18-19,29H,2,5-7,13H2,1H3/t18-,19+/m0/s1. The lowest BCUT2D eigenvalue weighted by atomic mass is 9.91. The molecule has 1 N–H and O–H groups in total. The van der Waals surface area contributed by atoms with E-state index < -0.39 is 16.4 Å². The molecule has 0 saturated heterocycles. The van der Waals surface area contributed by atoms with Crippen molar-refractivity contribution in [2.24, 2.45) is 0 Å². The van der Waals surface area contributed by atoms with Crippen LogP contribution in [0.5, 0.6) is 5.75 Å². The average Bonchev–Trinajstić information content (AvgIpc) is 3.33. The molecule has 182 valence electrons. The van der Waals surface area contributed by atoms with Crippen molar-refractivity contribution in [2.45, 2.75) is 62.4 Å². The third-order valence-electron chi connectivity index (χ3n) is 5.98. The number of nitrogens with zero attached hydrogens (tertiary/aromatic N) is 3. The van der Waals surface area contributed by atoms with Crippen LogP contribution in [0.25, 0.3) is 11.1 Å². The molecule has 2 atom stereocenters. The fraction of sp³-hybridized carbons (Fsp3) is 0.391. The van der Waals surface area contributed by atoms with E-state index in [2.05, 4.69) is 19.7 Å². The Labute approximate surface area is 196 Å². The zero-order valence-corrected chi connectivity index (χ0v) is 19.3. The monoisotopic (exact) mass is 494 g/mol. The van der Waals surface area contributed by atoms with E-state index in [0.717, 1.165) is 19.3 Å². The summed E-state index contributed by atoms with van der Waals surface area (Å²) < 4.78 is 73.9. The first-order chi connectivity index (χ1) is 16.2. The smallest absolute Gasteiger partial charge is 0.405 e. The maximum absolute atomic E-state index is 13.3. The topological polar surface area (TPSA) is 86.1 Å². The molecule has 1 aliphatic rings. The van der Waals surface area contributed by atoms with Gasteiger partial charge in [-0.3, -0.25) is 0 Å². The van der Waals surface area contributed by atoms with Gasteiger partial charge in [-0.1, -0.05) is 31.2 Å². The molecule has 1 fully saturated rings. The Bertz CT molecular complexity index is 1230. The van der Waals surface area contributed by atoms with Gasteiger partial charge in [0.05, 0.1) is 4.90 Å². The lowest BCUT2D eigenvalue weighted by molar-refractivity contribution is -0.274. The second-order valence-corrected chi connectivity index (χ2v) is 9.95. The molecule has 11 heteroatoms. The van der Waals surface area contributed by atoms with E-state index in [0.29, 0.717) is 24.0 Å². The lowest BCUT2D eigenvalue weighted by Crippen LogP contribution is -2.39. The molecule has 7 nitrogen and oxygen atoms in total. The molecule has 0 spiro atoms. The molecule has 0 aliphatic heterocycles. The molecule has 1 heterocycles. The fourth-order valence-electron chi connectivity index (χ4n) is 4.43. The van der Waals surface area contributed by atoms with Gasteiger partial charge in [0, 0.05) is 17.6 Å². The second-order valence-electron chi connectivity index (χ2n) is 8.27. The Morgan fingerprint density at radius 2 is 1.85 bits per heavy atom. The van der Waals surface area contributed by atoms with E-state index in [9.17, 15) is 21.6 Å². The summed E-state index contributed by atoms with van der Waals surface area (Å²) >= 11 is 0. The van der Waals surface area contributed by atoms with E-state index >= 15 is 0 Å². The molecular formula is C23H25F3N4O3S. The number of sulfonamides is 1. The minimum absolute atomic E-state index is 0.120. The van der Waals surface area contributed by atoms with Crippen molar-refractivity contribution < 1.29 is 26.3 Å². The molecule has 3 aromatic rings. The summed E-state index contributed by atoms with van der Waals surface area (Å²) in [5.41, 5.74) is 1.19. The number of aryl methyl sites for hydroxylation is 1. The Morgan fingerprint density at radius 3 is 2.56 bits per heavy atom. The van der Waals surface area contributed by atoms with Crippen LogP contribution in [0, 0.1) is 0 Å². The molecule has 34 heavy (non-hydrogen) atoms. The van der Waals surface area contributed by atoms with Crippen molar-refractivity contribution >= 4 is 10.0 Å². The van der Waals surface area contributed by atoms with Crippen molar-refractivity contribution in [3.63, 3.8) is 0 Å². The number of nitrogens with one attached hydrogen (secondary N) is 1. The van der Waals surface area contributed by atoms with E-state index in [4.69, 9.17) is 0 Å². The molecule has 0 unspecified atom stereocenters. The number of rotatable bonds is 7. The fourth-order valence-corrected chi connectivity index (χ4v) is 6.00. The van der Waals surface area contributed by atoms with Gasteiger partial charge in [0.2, 0.25) is 10.0 Å². The minimum Gasteiger partial charge on any atom is -0.405 e. The first-order valence-electron chi connectivity index (χ1n) is 11.0. The van der Waals surface area contributed by atoms with Crippen molar-refractivity contribution in [1.29, 1.82) is 0 Å². The Morgan fingerprint density at radius 1 is 1.12 bits per heavy atom. The third-order valence-corrected chi connectivity index (χ3v) is 7.60. The highest BCUT2D eigenvalue weighted by molar-refractivity contribution is 7.89. The summed E-state index contributed by atoms with van der Waals surface area (Å²) in [6.45, 7) is 1.80. The zero-order valence-electron chi connectivity index (χ0n) is 18.5. The number of hydrogen-bond acceptors (Lipinski definition) is 5. The number of ether oxygens (including phenoxy) is 1. The van der Waals surface area contributed by atoms with Crippen LogP contribution >= 0.6 is 0 Å². The number of benzene rings is 2. The van der Waals surface area contributed by atoms with Crippen LogP contribution in [0.1, 0.15) is 44.2 Å². The van der Waals surface area contributed by atoms with E-state index in [1.807, 2.05) is 4.57 Å². The molecule has 1 aromatic heterocycles. The normalized spacial score (nSPS) is 19.2. The number of alkyl halides is 3. The van der Waals surface area contributed by atoms with Gasteiger partial charge in [-0.2, -0.15) is 0 Å². The highest BCUT2D eigenvalue weighted by Crippen LogP contribution is 2.35.